The molecule has 1 saturated heterocycles. The standard InChI is InChI=1S/C29H38N4OS/c1-5-6-7-21-9-11-22(12-10-21)29(34)33-16-14-32(15-17-33)27-25-23-13-8-20(4)18-24(23)35-28(25)31-26(30-27)19(2)3/h9-12,19-20H,5-8,13-18H2,1-4H3. The number of piperazine rings is 1. The molecule has 1 unspecified atom stereocenters. The number of hydrogen-bond donors (Lipinski definition) is 0. The van der Waals surface area contributed by atoms with E-state index in [9.17, 15) is 4.79 Å². The highest BCUT2D eigenvalue weighted by Crippen LogP contribution is 2.41. The van der Waals surface area contributed by atoms with Gasteiger partial charge in [0, 0.05) is 42.5 Å². The monoisotopic (exact) mass is 490 g/mol. The largest absolute Gasteiger partial charge is 0.352 e. The fourth-order valence-corrected chi connectivity index (χ4v) is 6.71. The van der Waals surface area contributed by atoms with Crippen molar-refractivity contribution in [2.45, 2.75) is 72.1 Å². The third-order valence-corrected chi connectivity index (χ3v) is 8.70. The molecule has 35 heavy (non-hydrogen) atoms. The van der Waals surface area contributed by atoms with E-state index < -0.39 is 0 Å². The summed E-state index contributed by atoms with van der Waals surface area (Å²) in [7, 11) is 0. The van der Waals surface area contributed by atoms with Gasteiger partial charge in [0.25, 0.3) is 5.91 Å². The summed E-state index contributed by atoms with van der Waals surface area (Å²) in [5.41, 5.74) is 3.59. The fraction of sp³-hybridized carbons (Fsp3) is 0.552. The van der Waals surface area contributed by atoms with E-state index in [-0.39, 0.29) is 5.91 Å². The Kier molecular flexibility index (Phi) is 7.10. The summed E-state index contributed by atoms with van der Waals surface area (Å²) in [5.74, 6) is 3.20. The number of anilines is 1. The summed E-state index contributed by atoms with van der Waals surface area (Å²) in [6, 6.07) is 8.23. The zero-order valence-electron chi connectivity index (χ0n) is 21.6. The zero-order valence-corrected chi connectivity index (χ0v) is 22.5. The van der Waals surface area contributed by atoms with Gasteiger partial charge in [0.2, 0.25) is 0 Å². The van der Waals surface area contributed by atoms with Crippen LogP contribution in [0.4, 0.5) is 5.82 Å². The van der Waals surface area contributed by atoms with E-state index >= 15 is 0 Å². The number of unbranched alkanes of at least 4 members (excludes halogenated alkanes) is 1. The molecule has 6 heteroatoms. The topological polar surface area (TPSA) is 49.3 Å². The average molecular weight is 491 g/mol. The number of carbonyl (C=O) groups excluding carboxylic acids is 1. The van der Waals surface area contributed by atoms with E-state index in [1.807, 2.05) is 28.4 Å². The lowest BCUT2D eigenvalue weighted by atomic mass is 9.89. The minimum Gasteiger partial charge on any atom is -0.352 e. The smallest absolute Gasteiger partial charge is 0.253 e. The first-order chi connectivity index (χ1) is 16.9. The summed E-state index contributed by atoms with van der Waals surface area (Å²) >= 11 is 1.88. The minimum atomic E-state index is 0.143. The number of hydrogen-bond acceptors (Lipinski definition) is 5. The lowest BCUT2D eigenvalue weighted by molar-refractivity contribution is 0.0746. The maximum atomic E-state index is 13.2. The molecule has 3 aromatic rings. The molecule has 1 fully saturated rings. The molecule has 0 radical (unpaired) electrons. The molecule has 186 valence electrons. The summed E-state index contributed by atoms with van der Waals surface area (Å²) in [6.45, 7) is 12.0. The van der Waals surface area contributed by atoms with Gasteiger partial charge in [-0.05, 0) is 61.3 Å². The zero-order chi connectivity index (χ0) is 24.5. The summed E-state index contributed by atoms with van der Waals surface area (Å²) in [6.07, 6.45) is 6.99. The van der Waals surface area contributed by atoms with Crippen molar-refractivity contribution in [2.75, 3.05) is 31.1 Å². The molecule has 0 spiro atoms. The molecule has 0 saturated carbocycles. The van der Waals surface area contributed by atoms with Gasteiger partial charge in [0.05, 0.1) is 5.39 Å². The third kappa shape index (κ3) is 4.95. The van der Waals surface area contributed by atoms with Crippen LogP contribution in [0.25, 0.3) is 10.2 Å². The quantitative estimate of drug-likeness (QED) is 0.410. The molecule has 5 nitrogen and oxygen atoms in total. The van der Waals surface area contributed by atoms with Crippen molar-refractivity contribution in [1.82, 2.24) is 14.9 Å². The normalized spacial score (nSPS) is 18.4. The number of aryl methyl sites for hydroxylation is 2. The number of amides is 1. The average Bonchev–Trinajstić information content (AvgIpc) is 3.24. The fourth-order valence-electron chi connectivity index (χ4n) is 5.33. The number of thiophene rings is 1. The van der Waals surface area contributed by atoms with Gasteiger partial charge in [-0.1, -0.05) is 46.2 Å². The Morgan fingerprint density at radius 3 is 2.54 bits per heavy atom. The highest BCUT2D eigenvalue weighted by Gasteiger charge is 2.29. The number of carbonyl (C=O) groups is 1. The van der Waals surface area contributed by atoms with Gasteiger partial charge in [-0.3, -0.25) is 4.79 Å². The Bertz CT molecular complexity index is 1190. The molecule has 0 bridgehead atoms. The van der Waals surface area contributed by atoms with E-state index in [1.165, 1.54) is 40.7 Å². The Hall–Kier alpha value is -2.47. The van der Waals surface area contributed by atoms with Crippen molar-refractivity contribution >= 4 is 33.3 Å². The molecule has 1 aromatic carbocycles. The van der Waals surface area contributed by atoms with E-state index in [0.29, 0.717) is 5.92 Å². The number of benzene rings is 1. The van der Waals surface area contributed by atoms with Crippen LogP contribution < -0.4 is 4.90 Å². The molecular formula is C29H38N4OS. The van der Waals surface area contributed by atoms with Crippen LogP contribution in [0.5, 0.6) is 0 Å². The van der Waals surface area contributed by atoms with Crippen molar-refractivity contribution < 1.29 is 4.79 Å². The molecule has 1 aliphatic heterocycles. The van der Waals surface area contributed by atoms with Gasteiger partial charge < -0.3 is 9.80 Å². The molecule has 3 heterocycles. The molecule has 5 rings (SSSR count). The van der Waals surface area contributed by atoms with Crippen molar-refractivity contribution in [3.05, 3.63) is 51.7 Å². The van der Waals surface area contributed by atoms with Crippen molar-refractivity contribution in [1.29, 1.82) is 0 Å². The van der Waals surface area contributed by atoms with Crippen LogP contribution in [0.15, 0.2) is 24.3 Å². The van der Waals surface area contributed by atoms with E-state index in [1.54, 1.807) is 0 Å². The maximum Gasteiger partial charge on any atom is 0.253 e. The van der Waals surface area contributed by atoms with E-state index in [4.69, 9.17) is 9.97 Å². The second-order valence-electron chi connectivity index (χ2n) is 10.7. The third-order valence-electron chi connectivity index (χ3n) is 7.56. The van der Waals surface area contributed by atoms with Gasteiger partial charge in [0.1, 0.15) is 16.5 Å². The highest BCUT2D eigenvalue weighted by atomic mass is 32.1. The van der Waals surface area contributed by atoms with Crippen molar-refractivity contribution in [3.8, 4) is 0 Å². The summed E-state index contributed by atoms with van der Waals surface area (Å²) < 4.78 is 0. The number of aromatic nitrogens is 2. The summed E-state index contributed by atoms with van der Waals surface area (Å²) in [5, 5.41) is 1.28. The van der Waals surface area contributed by atoms with Crippen LogP contribution >= 0.6 is 11.3 Å². The van der Waals surface area contributed by atoms with Crippen LogP contribution in [0.1, 0.15) is 85.1 Å². The van der Waals surface area contributed by atoms with Crippen LogP contribution in [-0.4, -0.2) is 47.0 Å². The van der Waals surface area contributed by atoms with Gasteiger partial charge in [-0.25, -0.2) is 9.97 Å². The van der Waals surface area contributed by atoms with Crippen molar-refractivity contribution in [2.24, 2.45) is 5.92 Å². The highest BCUT2D eigenvalue weighted by molar-refractivity contribution is 7.19. The first-order valence-corrected chi connectivity index (χ1v) is 14.2. The molecule has 2 aliphatic rings. The number of fused-ring (bicyclic) bond motifs is 3. The second kappa shape index (κ2) is 10.3. The first-order valence-electron chi connectivity index (χ1n) is 13.4. The Labute approximate surface area is 213 Å². The summed E-state index contributed by atoms with van der Waals surface area (Å²) in [4.78, 5) is 30.3. The van der Waals surface area contributed by atoms with E-state index in [0.717, 1.165) is 73.4 Å². The van der Waals surface area contributed by atoms with Crippen LogP contribution in [-0.2, 0) is 19.3 Å². The van der Waals surface area contributed by atoms with Gasteiger partial charge >= 0.3 is 0 Å². The first kappa shape index (κ1) is 24.2. The Balaban J connectivity index is 1.35. The minimum absolute atomic E-state index is 0.143. The Morgan fingerprint density at radius 1 is 1.11 bits per heavy atom. The van der Waals surface area contributed by atoms with E-state index in [2.05, 4.69) is 44.7 Å². The van der Waals surface area contributed by atoms with Crippen molar-refractivity contribution in [3.63, 3.8) is 0 Å². The molecule has 1 amide bonds. The van der Waals surface area contributed by atoms with Crippen LogP contribution in [0, 0.1) is 5.92 Å². The molecule has 0 N–H and O–H groups in total. The lowest BCUT2D eigenvalue weighted by Gasteiger charge is -2.36. The van der Waals surface area contributed by atoms with Crippen LogP contribution in [0.3, 0.4) is 0 Å². The molecular weight excluding hydrogens is 452 g/mol. The predicted molar refractivity (Wildman–Crippen MR) is 146 cm³/mol. The molecule has 1 atom stereocenters. The van der Waals surface area contributed by atoms with Gasteiger partial charge in [0.15, 0.2) is 0 Å². The Morgan fingerprint density at radius 2 is 1.86 bits per heavy atom. The number of nitrogens with zero attached hydrogens (tertiary/aromatic N) is 4. The van der Waals surface area contributed by atoms with Gasteiger partial charge in [-0.15, -0.1) is 11.3 Å². The van der Waals surface area contributed by atoms with Crippen LogP contribution in [0.2, 0.25) is 0 Å². The maximum absolute atomic E-state index is 13.2. The lowest BCUT2D eigenvalue weighted by Crippen LogP contribution is -2.49. The molecule has 2 aromatic heterocycles. The van der Waals surface area contributed by atoms with Gasteiger partial charge in [-0.2, -0.15) is 0 Å². The molecule has 1 aliphatic carbocycles. The second-order valence-corrected chi connectivity index (χ2v) is 11.8. The SMILES string of the molecule is CCCCc1ccc(C(=O)N2CCN(c3nc(C(C)C)nc4sc5c(c34)CCC(C)C5)CC2)cc1. The number of rotatable bonds is 6. The predicted octanol–water partition coefficient (Wildman–Crippen LogP) is 6.24.